The Morgan fingerprint density at radius 3 is 2.33 bits per heavy atom. The second kappa shape index (κ2) is 5.63. The van der Waals surface area contributed by atoms with Gasteiger partial charge in [0.05, 0.1) is 18.1 Å². The first kappa shape index (κ1) is 13.7. The molecule has 0 bridgehead atoms. The van der Waals surface area contributed by atoms with Crippen molar-refractivity contribution in [2.45, 2.75) is 13.8 Å². The fourth-order valence-electron chi connectivity index (χ4n) is 2.63. The van der Waals surface area contributed by atoms with E-state index in [2.05, 4.69) is 24.8 Å². The number of anilines is 2. The van der Waals surface area contributed by atoms with Gasteiger partial charge < -0.3 is 9.80 Å². The molecule has 0 radical (unpaired) electrons. The summed E-state index contributed by atoms with van der Waals surface area (Å²) in [6, 6.07) is 3.54. The lowest BCUT2D eigenvalue weighted by Crippen LogP contribution is -2.47. The molecule has 1 saturated heterocycles. The van der Waals surface area contributed by atoms with Crippen LogP contribution in [0.5, 0.6) is 0 Å². The van der Waals surface area contributed by atoms with Gasteiger partial charge in [-0.3, -0.25) is 4.98 Å². The standard InChI is InChI=1S/C15H18FN5/c1-11-7-15(19-12(2)18-11)21-5-3-20(4-6-21)14-8-13(16)9-17-10-14/h7-10H,3-6H2,1-2H3. The molecule has 0 aromatic carbocycles. The van der Waals surface area contributed by atoms with Crippen LogP contribution in [0.1, 0.15) is 11.5 Å². The summed E-state index contributed by atoms with van der Waals surface area (Å²) in [6.45, 7) is 7.25. The van der Waals surface area contributed by atoms with Gasteiger partial charge in [-0.25, -0.2) is 14.4 Å². The molecule has 5 nitrogen and oxygen atoms in total. The first-order chi connectivity index (χ1) is 10.1. The third-order valence-corrected chi connectivity index (χ3v) is 3.61. The third kappa shape index (κ3) is 3.09. The lowest BCUT2D eigenvalue weighted by Gasteiger charge is -2.36. The maximum atomic E-state index is 13.2. The Hall–Kier alpha value is -2.24. The summed E-state index contributed by atoms with van der Waals surface area (Å²) in [5, 5.41) is 0. The number of piperazine rings is 1. The zero-order chi connectivity index (χ0) is 14.8. The zero-order valence-electron chi connectivity index (χ0n) is 12.3. The fourth-order valence-corrected chi connectivity index (χ4v) is 2.63. The first-order valence-corrected chi connectivity index (χ1v) is 7.04. The molecule has 0 atom stereocenters. The van der Waals surface area contributed by atoms with Crippen LogP contribution in [0.2, 0.25) is 0 Å². The summed E-state index contributed by atoms with van der Waals surface area (Å²) in [5.74, 6) is 1.47. The van der Waals surface area contributed by atoms with Crippen LogP contribution in [0.15, 0.2) is 24.5 Å². The van der Waals surface area contributed by atoms with Crippen LogP contribution in [0.3, 0.4) is 0 Å². The molecule has 3 heterocycles. The Bertz CT molecular complexity index is 617. The summed E-state index contributed by atoms with van der Waals surface area (Å²) < 4.78 is 13.2. The highest BCUT2D eigenvalue weighted by Gasteiger charge is 2.19. The van der Waals surface area contributed by atoms with Crippen molar-refractivity contribution >= 4 is 11.5 Å². The van der Waals surface area contributed by atoms with E-state index in [4.69, 9.17) is 0 Å². The molecule has 0 spiro atoms. The second-order valence-corrected chi connectivity index (χ2v) is 5.25. The molecule has 2 aromatic heterocycles. The van der Waals surface area contributed by atoms with Gasteiger partial charge in [-0.2, -0.15) is 0 Å². The summed E-state index contributed by atoms with van der Waals surface area (Å²) in [5.41, 5.74) is 1.82. The molecule has 3 rings (SSSR count). The first-order valence-electron chi connectivity index (χ1n) is 7.04. The zero-order valence-corrected chi connectivity index (χ0v) is 12.3. The van der Waals surface area contributed by atoms with Crippen molar-refractivity contribution in [3.05, 3.63) is 41.9 Å². The average Bonchev–Trinajstić information content (AvgIpc) is 2.46. The molecular weight excluding hydrogens is 269 g/mol. The summed E-state index contributed by atoms with van der Waals surface area (Å²) >= 11 is 0. The molecule has 0 unspecified atom stereocenters. The van der Waals surface area contributed by atoms with E-state index >= 15 is 0 Å². The minimum absolute atomic E-state index is 0.294. The Morgan fingerprint density at radius 2 is 1.67 bits per heavy atom. The Kier molecular flexibility index (Phi) is 3.68. The van der Waals surface area contributed by atoms with Crippen molar-refractivity contribution in [1.82, 2.24) is 15.0 Å². The van der Waals surface area contributed by atoms with Crippen molar-refractivity contribution in [3.8, 4) is 0 Å². The van der Waals surface area contributed by atoms with Crippen molar-refractivity contribution in [3.63, 3.8) is 0 Å². The van der Waals surface area contributed by atoms with E-state index in [1.54, 1.807) is 6.20 Å². The highest BCUT2D eigenvalue weighted by molar-refractivity contribution is 5.48. The molecule has 1 fully saturated rings. The fraction of sp³-hybridized carbons (Fsp3) is 0.400. The minimum atomic E-state index is -0.294. The van der Waals surface area contributed by atoms with Crippen molar-refractivity contribution in [1.29, 1.82) is 0 Å². The van der Waals surface area contributed by atoms with Crippen LogP contribution in [-0.4, -0.2) is 41.1 Å². The molecule has 0 amide bonds. The third-order valence-electron chi connectivity index (χ3n) is 3.61. The van der Waals surface area contributed by atoms with Gasteiger partial charge in [-0.05, 0) is 13.8 Å². The molecule has 110 valence electrons. The number of rotatable bonds is 2. The highest BCUT2D eigenvalue weighted by atomic mass is 19.1. The van der Waals surface area contributed by atoms with Crippen LogP contribution in [0, 0.1) is 19.7 Å². The lowest BCUT2D eigenvalue weighted by atomic mass is 10.2. The van der Waals surface area contributed by atoms with Crippen molar-refractivity contribution < 1.29 is 4.39 Å². The molecule has 2 aromatic rings. The molecule has 1 aliphatic rings. The second-order valence-electron chi connectivity index (χ2n) is 5.25. The largest absolute Gasteiger partial charge is 0.367 e. The Morgan fingerprint density at radius 1 is 0.952 bits per heavy atom. The molecule has 1 aliphatic heterocycles. The summed E-state index contributed by atoms with van der Waals surface area (Å²) in [7, 11) is 0. The van der Waals surface area contributed by atoms with Crippen LogP contribution < -0.4 is 9.80 Å². The number of aromatic nitrogens is 3. The monoisotopic (exact) mass is 287 g/mol. The van der Waals surface area contributed by atoms with Gasteiger partial charge in [0.2, 0.25) is 0 Å². The maximum absolute atomic E-state index is 13.2. The molecule has 6 heteroatoms. The van der Waals surface area contributed by atoms with Gasteiger partial charge in [0.15, 0.2) is 0 Å². The smallest absolute Gasteiger partial charge is 0.143 e. The highest BCUT2D eigenvalue weighted by Crippen LogP contribution is 2.19. The molecule has 21 heavy (non-hydrogen) atoms. The van der Waals surface area contributed by atoms with Crippen LogP contribution >= 0.6 is 0 Å². The lowest BCUT2D eigenvalue weighted by molar-refractivity contribution is 0.612. The van der Waals surface area contributed by atoms with Crippen molar-refractivity contribution in [2.24, 2.45) is 0 Å². The Balaban J connectivity index is 1.70. The molecule has 0 saturated carbocycles. The predicted octanol–water partition coefficient (Wildman–Crippen LogP) is 1.95. The number of hydrogen-bond acceptors (Lipinski definition) is 5. The molecular formula is C15H18FN5. The van der Waals surface area contributed by atoms with E-state index < -0.39 is 0 Å². The van der Waals surface area contributed by atoms with E-state index in [1.807, 2.05) is 19.9 Å². The summed E-state index contributed by atoms with van der Waals surface area (Å²) in [6.07, 6.45) is 2.93. The maximum Gasteiger partial charge on any atom is 0.143 e. The SMILES string of the molecule is Cc1cc(N2CCN(c3cncc(F)c3)CC2)nc(C)n1. The van der Waals surface area contributed by atoms with Gasteiger partial charge in [-0.1, -0.05) is 0 Å². The molecule has 0 N–H and O–H groups in total. The summed E-state index contributed by atoms with van der Waals surface area (Å²) in [4.78, 5) is 17.1. The van der Waals surface area contributed by atoms with Gasteiger partial charge >= 0.3 is 0 Å². The van der Waals surface area contributed by atoms with Crippen LogP contribution in [-0.2, 0) is 0 Å². The van der Waals surface area contributed by atoms with E-state index in [0.29, 0.717) is 0 Å². The van der Waals surface area contributed by atoms with Gasteiger partial charge in [0, 0.05) is 44.0 Å². The number of halogens is 1. The van der Waals surface area contributed by atoms with Crippen molar-refractivity contribution in [2.75, 3.05) is 36.0 Å². The van der Waals surface area contributed by atoms with Gasteiger partial charge in [-0.15, -0.1) is 0 Å². The minimum Gasteiger partial charge on any atom is -0.367 e. The predicted molar refractivity (Wildman–Crippen MR) is 80.1 cm³/mol. The quantitative estimate of drug-likeness (QED) is 0.845. The van der Waals surface area contributed by atoms with Crippen LogP contribution in [0.4, 0.5) is 15.9 Å². The van der Waals surface area contributed by atoms with E-state index in [-0.39, 0.29) is 5.82 Å². The van der Waals surface area contributed by atoms with Gasteiger partial charge in [0.1, 0.15) is 17.5 Å². The number of pyridine rings is 1. The van der Waals surface area contributed by atoms with E-state index in [1.165, 1.54) is 12.3 Å². The number of aryl methyl sites for hydroxylation is 2. The number of hydrogen-bond donors (Lipinski definition) is 0. The Labute approximate surface area is 123 Å². The van der Waals surface area contributed by atoms with E-state index in [9.17, 15) is 4.39 Å². The van der Waals surface area contributed by atoms with E-state index in [0.717, 1.165) is 49.2 Å². The average molecular weight is 287 g/mol. The van der Waals surface area contributed by atoms with Crippen LogP contribution in [0.25, 0.3) is 0 Å². The molecule has 0 aliphatic carbocycles. The normalized spacial score (nSPS) is 15.4. The number of nitrogens with zero attached hydrogens (tertiary/aromatic N) is 5. The van der Waals surface area contributed by atoms with Gasteiger partial charge in [0.25, 0.3) is 0 Å². The topological polar surface area (TPSA) is 45.2 Å².